The van der Waals surface area contributed by atoms with Gasteiger partial charge in [-0.2, -0.15) is 0 Å². The van der Waals surface area contributed by atoms with E-state index in [2.05, 4.69) is 123 Å². The first-order valence-corrected chi connectivity index (χ1v) is 37.7. The second kappa shape index (κ2) is 65.6. The van der Waals surface area contributed by atoms with Crippen LogP contribution in [-0.4, -0.2) is 74.3 Å². The molecule has 0 aromatic heterocycles. The molecule has 502 valence electrons. The molecular weight excluding hydrogens is 1100 g/mol. The van der Waals surface area contributed by atoms with Crippen molar-refractivity contribution in [1.29, 1.82) is 0 Å². The van der Waals surface area contributed by atoms with Gasteiger partial charge in [0.2, 0.25) is 5.91 Å². The van der Waals surface area contributed by atoms with E-state index >= 15 is 0 Å². The molecule has 3 unspecified atom stereocenters. The maximum Gasteiger partial charge on any atom is 0.472 e. The number of nitrogens with one attached hydrogen (secondary N) is 1. The summed E-state index contributed by atoms with van der Waals surface area (Å²) in [5.74, 6) is -0.513. The first kappa shape index (κ1) is 83.7. The Morgan fingerprint density at radius 3 is 1.13 bits per heavy atom. The molecule has 0 radical (unpaired) electrons. The van der Waals surface area contributed by atoms with E-state index in [9.17, 15) is 19.0 Å². The summed E-state index contributed by atoms with van der Waals surface area (Å²) in [5.41, 5.74) is 0. The number of carbonyl (C=O) groups excluding carboxylic acids is 2. The summed E-state index contributed by atoms with van der Waals surface area (Å²) >= 11 is 0. The maximum atomic E-state index is 13.6. The molecule has 0 aliphatic heterocycles. The lowest BCUT2D eigenvalue weighted by Crippen LogP contribution is -2.47. The predicted octanol–water partition coefficient (Wildman–Crippen LogP) is 23.2. The zero-order valence-corrected chi connectivity index (χ0v) is 58.4. The SMILES string of the molecule is CC/C=C\C/C=C\C/C=C\C/C=C\C/C=C\C/C=C\CCCCCCCCCCC(=O)OC(/C=C/CCCCCCCCCCC)C(COP(=O)(O)OCC[N+](C)(C)C)NC(=O)CCCCCCCCCCCCCCC/C=C\C/C=C\CCCCC. The van der Waals surface area contributed by atoms with E-state index in [0.29, 0.717) is 17.4 Å². The molecule has 0 saturated carbocycles. The van der Waals surface area contributed by atoms with Crippen molar-refractivity contribution in [1.82, 2.24) is 5.32 Å². The van der Waals surface area contributed by atoms with Crippen molar-refractivity contribution in [2.75, 3.05) is 40.9 Å². The smallest absolute Gasteiger partial charge is 0.456 e. The van der Waals surface area contributed by atoms with Gasteiger partial charge in [-0.1, -0.05) is 297 Å². The van der Waals surface area contributed by atoms with Crippen molar-refractivity contribution in [3.63, 3.8) is 0 Å². The zero-order chi connectivity index (χ0) is 63.5. The molecule has 87 heavy (non-hydrogen) atoms. The van der Waals surface area contributed by atoms with E-state index < -0.39 is 20.0 Å². The molecule has 3 atom stereocenters. The summed E-state index contributed by atoms with van der Waals surface area (Å²) in [6, 6.07) is -0.859. The monoisotopic (exact) mass is 1230 g/mol. The van der Waals surface area contributed by atoms with Crippen molar-refractivity contribution in [3.05, 3.63) is 109 Å². The van der Waals surface area contributed by atoms with Crippen molar-refractivity contribution in [3.8, 4) is 0 Å². The first-order chi connectivity index (χ1) is 42.4. The Balaban J connectivity index is 5.03. The summed E-state index contributed by atoms with van der Waals surface area (Å²) in [5, 5.41) is 3.07. The molecule has 0 aliphatic rings. The van der Waals surface area contributed by atoms with Crippen molar-refractivity contribution in [2.24, 2.45) is 0 Å². The van der Waals surface area contributed by atoms with Crippen LogP contribution in [0.15, 0.2) is 109 Å². The molecule has 0 spiro atoms. The quantitative estimate of drug-likeness (QED) is 0.0205. The molecule has 10 heteroatoms. The van der Waals surface area contributed by atoms with Gasteiger partial charge in [-0.25, -0.2) is 4.57 Å². The number of likely N-dealkylation sites (N-methyl/N-ethyl adjacent to an activating group) is 1. The fourth-order valence-electron chi connectivity index (χ4n) is 10.2. The molecule has 0 saturated heterocycles. The number of hydrogen-bond acceptors (Lipinski definition) is 6. The Labute approximate surface area is 538 Å². The number of esters is 1. The van der Waals surface area contributed by atoms with E-state index in [-0.39, 0.29) is 31.5 Å². The molecule has 0 fully saturated rings. The Hall–Kier alpha value is -3.33. The second-order valence-corrected chi connectivity index (χ2v) is 26.8. The second-order valence-electron chi connectivity index (χ2n) is 25.4. The summed E-state index contributed by atoms with van der Waals surface area (Å²) in [6.45, 7) is 6.88. The van der Waals surface area contributed by atoms with Gasteiger partial charge in [-0.05, 0) is 115 Å². The van der Waals surface area contributed by atoms with Gasteiger partial charge < -0.3 is 19.4 Å². The van der Waals surface area contributed by atoms with Gasteiger partial charge in [0.25, 0.3) is 0 Å². The van der Waals surface area contributed by atoms with Crippen LogP contribution >= 0.6 is 7.82 Å². The first-order valence-electron chi connectivity index (χ1n) is 36.2. The molecule has 1 amide bonds. The van der Waals surface area contributed by atoms with Gasteiger partial charge in [-0.15, -0.1) is 0 Å². The van der Waals surface area contributed by atoms with Crippen LogP contribution in [0.4, 0.5) is 0 Å². The lowest BCUT2D eigenvalue weighted by molar-refractivity contribution is -0.870. The topological polar surface area (TPSA) is 111 Å². The minimum absolute atomic E-state index is 0.0347. The van der Waals surface area contributed by atoms with E-state index in [0.717, 1.165) is 116 Å². The molecule has 2 N–H and O–H groups in total. The van der Waals surface area contributed by atoms with Crippen molar-refractivity contribution >= 4 is 19.7 Å². The zero-order valence-electron chi connectivity index (χ0n) is 57.5. The number of carbonyl (C=O) groups is 2. The number of hydrogen-bond donors (Lipinski definition) is 2. The summed E-state index contributed by atoms with van der Waals surface area (Å²) < 4.78 is 30.8. The van der Waals surface area contributed by atoms with Gasteiger partial charge >= 0.3 is 13.8 Å². The number of phosphoric acid groups is 1. The van der Waals surface area contributed by atoms with E-state index in [4.69, 9.17) is 13.8 Å². The normalized spacial score (nSPS) is 14.1. The molecule has 0 rings (SSSR count). The molecule has 9 nitrogen and oxygen atoms in total. The van der Waals surface area contributed by atoms with Gasteiger partial charge in [0, 0.05) is 12.8 Å². The highest BCUT2D eigenvalue weighted by Gasteiger charge is 2.30. The summed E-state index contributed by atoms with van der Waals surface area (Å²) in [6.07, 6.45) is 91.0. The number of amides is 1. The largest absolute Gasteiger partial charge is 0.472 e. The number of nitrogens with zero attached hydrogens (tertiary/aromatic N) is 1. The van der Waals surface area contributed by atoms with Crippen molar-refractivity contribution in [2.45, 2.75) is 328 Å². The third-order valence-electron chi connectivity index (χ3n) is 15.7. The number of rotatable bonds is 65. The number of allylic oxidation sites excluding steroid dienone is 17. The third kappa shape index (κ3) is 66.9. The van der Waals surface area contributed by atoms with Crippen LogP contribution in [0.5, 0.6) is 0 Å². The van der Waals surface area contributed by atoms with Gasteiger partial charge in [-0.3, -0.25) is 18.6 Å². The predicted molar refractivity (Wildman–Crippen MR) is 378 cm³/mol. The van der Waals surface area contributed by atoms with Crippen LogP contribution < -0.4 is 5.32 Å². The van der Waals surface area contributed by atoms with Crippen molar-refractivity contribution < 1.29 is 37.3 Å². The molecule has 0 aliphatic carbocycles. The molecule has 0 heterocycles. The lowest BCUT2D eigenvalue weighted by atomic mass is 10.0. The van der Waals surface area contributed by atoms with Crippen LogP contribution in [-0.2, 0) is 27.9 Å². The van der Waals surface area contributed by atoms with E-state index in [1.807, 2.05) is 33.3 Å². The number of quaternary nitrogens is 1. The van der Waals surface area contributed by atoms with Crippen LogP contribution in [0.1, 0.15) is 316 Å². The molecule has 0 aromatic rings. The highest BCUT2D eigenvalue weighted by atomic mass is 31.2. The van der Waals surface area contributed by atoms with E-state index in [1.165, 1.54) is 167 Å². The molecule has 0 bridgehead atoms. The van der Waals surface area contributed by atoms with Crippen LogP contribution in [0.3, 0.4) is 0 Å². The van der Waals surface area contributed by atoms with Gasteiger partial charge in [0.05, 0.1) is 33.8 Å². The summed E-state index contributed by atoms with van der Waals surface area (Å²) in [7, 11) is 1.49. The Kier molecular flexibility index (Phi) is 63.1. The van der Waals surface area contributed by atoms with Gasteiger partial charge in [0.1, 0.15) is 19.3 Å². The Morgan fingerprint density at radius 1 is 0.414 bits per heavy atom. The number of unbranched alkanes of at least 4 members (excludes halogenated alkanes) is 33. The fourth-order valence-corrected chi connectivity index (χ4v) is 10.9. The van der Waals surface area contributed by atoms with Gasteiger partial charge in [0.15, 0.2) is 0 Å². The molecule has 0 aromatic carbocycles. The summed E-state index contributed by atoms with van der Waals surface area (Å²) in [4.78, 5) is 37.9. The van der Waals surface area contributed by atoms with Crippen LogP contribution in [0.2, 0.25) is 0 Å². The number of phosphoric ester groups is 1. The Morgan fingerprint density at radius 2 is 0.736 bits per heavy atom. The molecular formula is C77H138N2O7P+. The average molecular weight is 1230 g/mol. The highest BCUT2D eigenvalue weighted by molar-refractivity contribution is 7.47. The number of ether oxygens (including phenoxy) is 1. The van der Waals surface area contributed by atoms with E-state index in [1.54, 1.807) is 0 Å². The minimum Gasteiger partial charge on any atom is -0.456 e. The fraction of sp³-hybridized carbons (Fsp3) is 0.740. The standard InChI is InChI=1S/C77H137N2O7P/c1-7-10-13-16-19-22-25-27-29-31-33-35-37-38-39-40-42-44-46-48-50-52-55-58-61-64-67-70-77(81)86-75(68-65-62-59-56-53-24-21-18-15-12-9-3)74(73-85-87(82,83)84-72-71-79(4,5)6)78-76(80)69-66-63-60-57-54-51-49-47-45-43-41-36-34-32-30-28-26-23-20-17-14-11-8-2/h10,13,19-20,22-23,27-30,33,35,38-39,42,44,65,68,74-75H,7-9,11-12,14-18,21,24-26,31-32,34,36-37,40-41,43,45-64,66-67,69-73H2,1-6H3,(H-,78,80,82,83)/p+1/b13-10-,22-19-,23-20-,29-27-,30-28-,35-33-,39-38-,44-42-,68-65+. The lowest BCUT2D eigenvalue weighted by Gasteiger charge is -2.27. The highest BCUT2D eigenvalue weighted by Crippen LogP contribution is 2.43. The maximum absolute atomic E-state index is 13.6. The Bertz CT molecular complexity index is 1860. The average Bonchev–Trinajstić information content (AvgIpc) is 3.70. The minimum atomic E-state index is -4.46. The third-order valence-corrected chi connectivity index (χ3v) is 16.7. The van der Waals surface area contributed by atoms with Crippen LogP contribution in [0, 0.1) is 0 Å². The van der Waals surface area contributed by atoms with Crippen LogP contribution in [0.25, 0.3) is 0 Å².